The summed E-state index contributed by atoms with van der Waals surface area (Å²) in [6.45, 7) is 6.19. The van der Waals surface area contributed by atoms with Crippen molar-refractivity contribution in [2.75, 3.05) is 11.2 Å². The molecule has 6 nitrogen and oxygen atoms in total. The fourth-order valence-electron chi connectivity index (χ4n) is 5.80. The lowest BCUT2D eigenvalue weighted by Crippen LogP contribution is -2.50. The number of hydrogen-bond acceptors (Lipinski definition) is 4. The molecule has 3 aromatic rings. The van der Waals surface area contributed by atoms with Crippen molar-refractivity contribution < 1.29 is 13.2 Å². The number of fused-ring (bicyclic) bond motifs is 2. The lowest BCUT2D eigenvalue weighted by molar-refractivity contribution is -0.124. The second-order valence-corrected chi connectivity index (χ2v) is 13.1. The summed E-state index contributed by atoms with van der Waals surface area (Å²) in [6.07, 6.45) is 1.09. The van der Waals surface area contributed by atoms with Crippen molar-refractivity contribution in [3.8, 4) is 0 Å². The van der Waals surface area contributed by atoms with Crippen molar-refractivity contribution in [3.63, 3.8) is 0 Å². The molecule has 8 heteroatoms. The number of nitrogens with one attached hydrogen (secondary N) is 1. The van der Waals surface area contributed by atoms with Gasteiger partial charge in [0.15, 0.2) is 5.54 Å². The third-order valence-electron chi connectivity index (χ3n) is 7.27. The Morgan fingerprint density at radius 2 is 1.55 bits per heavy atom. The molecule has 1 amide bonds. The van der Waals surface area contributed by atoms with Gasteiger partial charge < -0.3 is 10.2 Å². The van der Waals surface area contributed by atoms with Gasteiger partial charge in [-0.25, -0.2) is 8.42 Å². The van der Waals surface area contributed by atoms with Crippen LogP contribution < -0.4 is 10.2 Å². The van der Waals surface area contributed by atoms with Gasteiger partial charge in [-0.05, 0) is 17.2 Å². The van der Waals surface area contributed by atoms with Crippen LogP contribution in [0.1, 0.15) is 43.4 Å². The molecule has 38 heavy (non-hydrogen) atoms. The predicted octanol–water partition coefficient (Wildman–Crippen LogP) is 5.21. The van der Waals surface area contributed by atoms with Crippen LogP contribution in [0.2, 0.25) is 0 Å². The molecule has 1 N–H and O–H groups in total. The van der Waals surface area contributed by atoms with Crippen molar-refractivity contribution in [1.82, 2.24) is 5.32 Å². The van der Waals surface area contributed by atoms with Gasteiger partial charge in [0.2, 0.25) is 10.0 Å². The van der Waals surface area contributed by atoms with E-state index >= 15 is 0 Å². The number of benzene rings is 3. The van der Waals surface area contributed by atoms with Gasteiger partial charge in [0.25, 0.3) is 5.91 Å². The molecule has 196 valence electrons. The molecule has 3 aromatic carbocycles. The third-order valence-corrected chi connectivity index (χ3v) is 8.16. The fourth-order valence-corrected chi connectivity index (χ4v) is 6.95. The third kappa shape index (κ3) is 4.46. The van der Waals surface area contributed by atoms with Crippen LogP contribution in [0.3, 0.4) is 0 Å². The number of para-hydroxylation sites is 1. The number of carbonyl (C=O) groups excluding carboxylic acids is 1. The van der Waals surface area contributed by atoms with Gasteiger partial charge in [-0.2, -0.15) is 4.40 Å². The van der Waals surface area contributed by atoms with Crippen LogP contribution in [0.25, 0.3) is 0 Å². The number of amides is 1. The Hall–Kier alpha value is -3.36. The molecule has 1 saturated heterocycles. The molecular weight excluding hydrogens is 514 g/mol. The number of sulfonamides is 1. The van der Waals surface area contributed by atoms with Crippen LogP contribution in [0.5, 0.6) is 0 Å². The molecule has 0 bridgehead atoms. The molecule has 2 heterocycles. The Labute approximate surface area is 229 Å². The van der Waals surface area contributed by atoms with Crippen molar-refractivity contribution in [2.45, 2.75) is 38.8 Å². The summed E-state index contributed by atoms with van der Waals surface area (Å²) < 4.78 is 29.2. The molecule has 0 aromatic heterocycles. The molecule has 3 atom stereocenters. The SMILES string of the molecule is CC(C)(C)/C(=N\S(C)(=O)=O)[C@@H]1C(=S)N[C@]2(C(=O)N(Cc3ccccc3)c3ccccc32)[C@H]1c1ccccc1. The number of nitrogens with zero attached hydrogens (tertiary/aromatic N) is 2. The second-order valence-electron chi connectivity index (χ2n) is 11.0. The van der Waals surface area contributed by atoms with Gasteiger partial charge in [0.1, 0.15) is 0 Å². The Kier molecular flexibility index (Phi) is 6.52. The van der Waals surface area contributed by atoms with Crippen LogP contribution in [0.15, 0.2) is 89.3 Å². The molecule has 0 radical (unpaired) electrons. The average Bonchev–Trinajstić information content (AvgIpc) is 3.29. The topological polar surface area (TPSA) is 78.8 Å². The zero-order valence-electron chi connectivity index (χ0n) is 21.9. The summed E-state index contributed by atoms with van der Waals surface area (Å²) >= 11 is 5.95. The lowest BCUT2D eigenvalue weighted by Gasteiger charge is -2.35. The molecule has 1 fully saturated rings. The first-order valence-electron chi connectivity index (χ1n) is 12.6. The number of anilines is 1. The average molecular weight is 546 g/mol. The highest BCUT2D eigenvalue weighted by Crippen LogP contribution is 2.56. The molecule has 2 aliphatic rings. The molecular formula is C30H31N3O3S2. The van der Waals surface area contributed by atoms with E-state index < -0.39 is 32.8 Å². The standard InChI is InChI=1S/C30H31N3O3S2/c1-29(2,3)26(32-38(4,35)36)24-25(21-15-9-6-10-16-21)30(31-27(24)37)22-17-11-12-18-23(22)33(28(30)34)19-20-13-7-5-8-14-20/h5-18,24-25H,19H2,1-4H3,(H,31,37)/b32-26-/t24-,25+,30+/m1/s1. The van der Waals surface area contributed by atoms with Gasteiger partial charge in [-0.3, -0.25) is 4.79 Å². The Balaban J connectivity index is 1.76. The number of hydrogen-bond donors (Lipinski definition) is 1. The summed E-state index contributed by atoms with van der Waals surface area (Å²) in [5.74, 6) is -1.23. The zero-order valence-corrected chi connectivity index (χ0v) is 23.5. The van der Waals surface area contributed by atoms with Gasteiger partial charge >= 0.3 is 0 Å². The maximum atomic E-state index is 14.7. The Morgan fingerprint density at radius 3 is 2.16 bits per heavy atom. The van der Waals surface area contributed by atoms with Crippen molar-refractivity contribution >= 4 is 44.5 Å². The first-order chi connectivity index (χ1) is 17.9. The van der Waals surface area contributed by atoms with Crippen molar-refractivity contribution in [1.29, 1.82) is 0 Å². The molecule has 5 rings (SSSR count). The highest BCUT2D eigenvalue weighted by atomic mass is 32.2. The molecule has 0 saturated carbocycles. The normalized spacial score (nSPS) is 23.6. The van der Waals surface area contributed by atoms with E-state index in [-0.39, 0.29) is 5.91 Å². The van der Waals surface area contributed by atoms with Gasteiger partial charge in [-0.1, -0.05) is 112 Å². The first kappa shape index (κ1) is 26.3. The van der Waals surface area contributed by atoms with Crippen LogP contribution >= 0.6 is 12.2 Å². The van der Waals surface area contributed by atoms with E-state index in [1.54, 1.807) is 0 Å². The van der Waals surface area contributed by atoms with Gasteiger partial charge in [0, 0.05) is 22.6 Å². The van der Waals surface area contributed by atoms with E-state index in [0.29, 0.717) is 17.2 Å². The predicted molar refractivity (Wildman–Crippen MR) is 156 cm³/mol. The molecule has 1 spiro atoms. The molecule has 0 unspecified atom stereocenters. The summed E-state index contributed by atoms with van der Waals surface area (Å²) in [6, 6.07) is 27.4. The van der Waals surface area contributed by atoms with Crippen LogP contribution in [-0.4, -0.2) is 31.3 Å². The monoisotopic (exact) mass is 545 g/mol. The Morgan fingerprint density at radius 1 is 0.974 bits per heavy atom. The minimum Gasteiger partial charge on any atom is -0.361 e. The minimum atomic E-state index is -3.73. The first-order valence-corrected chi connectivity index (χ1v) is 14.8. The van der Waals surface area contributed by atoms with Gasteiger partial charge in [-0.15, -0.1) is 0 Å². The van der Waals surface area contributed by atoms with E-state index in [2.05, 4.69) is 9.71 Å². The number of rotatable bonds is 5. The largest absolute Gasteiger partial charge is 0.361 e. The number of carbonyl (C=O) groups is 1. The zero-order chi connectivity index (χ0) is 27.3. The quantitative estimate of drug-likeness (QED) is 0.352. The highest BCUT2D eigenvalue weighted by Gasteiger charge is 2.64. The van der Waals surface area contributed by atoms with E-state index in [0.717, 1.165) is 28.6 Å². The molecule has 2 aliphatic heterocycles. The highest BCUT2D eigenvalue weighted by molar-refractivity contribution is 7.89. The minimum absolute atomic E-state index is 0.117. The summed E-state index contributed by atoms with van der Waals surface area (Å²) in [5, 5.41) is 3.45. The smallest absolute Gasteiger partial charge is 0.258 e. The Bertz CT molecular complexity index is 1530. The summed E-state index contributed by atoms with van der Waals surface area (Å²) in [7, 11) is -3.73. The van der Waals surface area contributed by atoms with E-state index in [1.165, 1.54) is 0 Å². The van der Waals surface area contributed by atoms with Crippen LogP contribution in [0, 0.1) is 11.3 Å². The van der Waals surface area contributed by atoms with Crippen molar-refractivity contribution in [3.05, 3.63) is 102 Å². The van der Waals surface area contributed by atoms with Crippen LogP contribution in [0.4, 0.5) is 5.69 Å². The summed E-state index contributed by atoms with van der Waals surface area (Å²) in [4.78, 5) is 16.9. The maximum absolute atomic E-state index is 14.7. The van der Waals surface area contributed by atoms with E-state index in [4.69, 9.17) is 12.2 Å². The van der Waals surface area contributed by atoms with Crippen LogP contribution in [-0.2, 0) is 26.9 Å². The maximum Gasteiger partial charge on any atom is 0.258 e. The van der Waals surface area contributed by atoms with E-state index in [1.807, 2.05) is 111 Å². The number of thiocarbonyl (C=S) groups is 1. The fraction of sp³-hybridized carbons (Fsp3) is 0.300. The lowest BCUT2D eigenvalue weighted by atomic mass is 9.68. The second kappa shape index (κ2) is 9.43. The molecule has 0 aliphatic carbocycles. The van der Waals surface area contributed by atoms with Gasteiger partial charge in [0.05, 0.1) is 29.4 Å². The van der Waals surface area contributed by atoms with Crippen molar-refractivity contribution in [2.24, 2.45) is 15.7 Å². The summed E-state index contributed by atoms with van der Waals surface area (Å²) in [5.41, 5.74) is 2.15. The van der Waals surface area contributed by atoms with E-state index in [9.17, 15) is 13.2 Å².